The van der Waals surface area contributed by atoms with E-state index < -0.39 is 0 Å². The van der Waals surface area contributed by atoms with E-state index in [1.165, 1.54) is 16.5 Å². The standard InChI is InChI=1S/C13H16O/c1-8(2)13-10(4)11-7-9(3)5-6-12(11)14-13/h5-8H,1-4H3. The van der Waals surface area contributed by atoms with Gasteiger partial charge in [-0.15, -0.1) is 0 Å². The molecule has 1 heterocycles. The number of rotatable bonds is 1. The Labute approximate surface area is 84.7 Å². The summed E-state index contributed by atoms with van der Waals surface area (Å²) in [7, 11) is 0. The smallest absolute Gasteiger partial charge is 0.134 e. The topological polar surface area (TPSA) is 13.1 Å². The monoisotopic (exact) mass is 188 g/mol. The van der Waals surface area contributed by atoms with Gasteiger partial charge in [-0.05, 0) is 31.5 Å². The SMILES string of the molecule is Cc1ccc2oc(C(C)C)c(C)c2c1. The van der Waals surface area contributed by atoms with Gasteiger partial charge in [-0.2, -0.15) is 0 Å². The second-order valence-corrected chi connectivity index (χ2v) is 4.25. The van der Waals surface area contributed by atoms with Crippen LogP contribution >= 0.6 is 0 Å². The summed E-state index contributed by atoms with van der Waals surface area (Å²) < 4.78 is 5.82. The molecule has 0 saturated carbocycles. The molecule has 0 aliphatic carbocycles. The van der Waals surface area contributed by atoms with E-state index in [1.807, 2.05) is 0 Å². The summed E-state index contributed by atoms with van der Waals surface area (Å²) in [5, 5.41) is 1.26. The molecule has 0 saturated heterocycles. The third kappa shape index (κ3) is 1.33. The van der Waals surface area contributed by atoms with Crippen molar-refractivity contribution in [3.63, 3.8) is 0 Å². The molecule has 74 valence electrons. The molecule has 0 unspecified atom stereocenters. The first-order chi connectivity index (χ1) is 6.59. The van der Waals surface area contributed by atoms with E-state index in [9.17, 15) is 0 Å². The molecule has 2 aromatic rings. The Hall–Kier alpha value is -1.24. The maximum atomic E-state index is 5.82. The van der Waals surface area contributed by atoms with E-state index in [-0.39, 0.29) is 0 Å². The normalized spacial score (nSPS) is 11.5. The van der Waals surface area contributed by atoms with E-state index in [2.05, 4.69) is 45.9 Å². The van der Waals surface area contributed by atoms with Gasteiger partial charge in [-0.1, -0.05) is 25.5 Å². The van der Waals surface area contributed by atoms with Crippen LogP contribution in [0.2, 0.25) is 0 Å². The van der Waals surface area contributed by atoms with Gasteiger partial charge >= 0.3 is 0 Å². The van der Waals surface area contributed by atoms with Gasteiger partial charge in [0, 0.05) is 11.3 Å². The lowest BCUT2D eigenvalue weighted by atomic mass is 10.0. The Morgan fingerprint density at radius 1 is 1.14 bits per heavy atom. The predicted octanol–water partition coefficient (Wildman–Crippen LogP) is 4.17. The Bertz CT molecular complexity index is 463. The molecule has 14 heavy (non-hydrogen) atoms. The fraction of sp³-hybridized carbons (Fsp3) is 0.385. The average molecular weight is 188 g/mol. The molecule has 1 aromatic carbocycles. The van der Waals surface area contributed by atoms with E-state index in [1.54, 1.807) is 0 Å². The van der Waals surface area contributed by atoms with E-state index in [0.717, 1.165) is 11.3 Å². The summed E-state index contributed by atoms with van der Waals surface area (Å²) in [6.07, 6.45) is 0. The molecule has 0 aliphatic rings. The second kappa shape index (κ2) is 3.16. The summed E-state index contributed by atoms with van der Waals surface area (Å²) in [6, 6.07) is 6.35. The molecule has 0 atom stereocenters. The van der Waals surface area contributed by atoms with Gasteiger partial charge in [-0.25, -0.2) is 0 Å². The van der Waals surface area contributed by atoms with Crippen LogP contribution in [0.1, 0.15) is 36.7 Å². The Balaban J connectivity index is 2.74. The number of fused-ring (bicyclic) bond motifs is 1. The quantitative estimate of drug-likeness (QED) is 0.654. The summed E-state index contributed by atoms with van der Waals surface area (Å²) in [4.78, 5) is 0. The zero-order chi connectivity index (χ0) is 10.3. The molecule has 0 N–H and O–H groups in total. The van der Waals surface area contributed by atoms with Crippen molar-refractivity contribution < 1.29 is 4.42 Å². The van der Waals surface area contributed by atoms with Crippen molar-refractivity contribution in [1.29, 1.82) is 0 Å². The lowest BCUT2D eigenvalue weighted by Gasteiger charge is -1.99. The minimum absolute atomic E-state index is 0.461. The second-order valence-electron chi connectivity index (χ2n) is 4.25. The lowest BCUT2D eigenvalue weighted by molar-refractivity contribution is 0.518. The number of furan rings is 1. The molecule has 0 bridgehead atoms. The highest BCUT2D eigenvalue weighted by molar-refractivity contribution is 5.82. The summed E-state index contributed by atoms with van der Waals surface area (Å²) in [5.41, 5.74) is 3.59. The Kier molecular flexibility index (Phi) is 2.10. The van der Waals surface area contributed by atoms with Crippen molar-refractivity contribution >= 4 is 11.0 Å². The maximum Gasteiger partial charge on any atom is 0.134 e. The van der Waals surface area contributed by atoms with Crippen molar-refractivity contribution in [3.8, 4) is 0 Å². The lowest BCUT2D eigenvalue weighted by Crippen LogP contribution is -1.85. The predicted molar refractivity (Wildman–Crippen MR) is 59.8 cm³/mol. The van der Waals surface area contributed by atoms with Crippen molar-refractivity contribution in [3.05, 3.63) is 35.1 Å². The van der Waals surface area contributed by atoms with Crippen molar-refractivity contribution in [2.75, 3.05) is 0 Å². The molecular weight excluding hydrogens is 172 g/mol. The van der Waals surface area contributed by atoms with Crippen LogP contribution < -0.4 is 0 Å². The van der Waals surface area contributed by atoms with Crippen molar-refractivity contribution in [2.45, 2.75) is 33.6 Å². The van der Waals surface area contributed by atoms with Crippen LogP contribution in [0.25, 0.3) is 11.0 Å². The van der Waals surface area contributed by atoms with Crippen molar-refractivity contribution in [1.82, 2.24) is 0 Å². The molecule has 0 spiro atoms. The first kappa shape index (κ1) is 9.32. The highest BCUT2D eigenvalue weighted by Crippen LogP contribution is 2.30. The minimum Gasteiger partial charge on any atom is -0.461 e. The molecule has 1 aromatic heterocycles. The van der Waals surface area contributed by atoms with Gasteiger partial charge < -0.3 is 4.42 Å². The van der Waals surface area contributed by atoms with E-state index in [0.29, 0.717) is 5.92 Å². The molecular formula is C13H16O. The van der Waals surface area contributed by atoms with Gasteiger partial charge in [0.05, 0.1) is 0 Å². The Morgan fingerprint density at radius 3 is 2.50 bits per heavy atom. The largest absolute Gasteiger partial charge is 0.461 e. The molecule has 0 amide bonds. The van der Waals surface area contributed by atoms with Gasteiger partial charge in [0.25, 0.3) is 0 Å². The van der Waals surface area contributed by atoms with Gasteiger partial charge in [0.15, 0.2) is 0 Å². The van der Waals surface area contributed by atoms with Crippen LogP contribution in [0.3, 0.4) is 0 Å². The van der Waals surface area contributed by atoms with E-state index >= 15 is 0 Å². The molecule has 0 radical (unpaired) electrons. The fourth-order valence-electron chi connectivity index (χ4n) is 1.90. The highest BCUT2D eigenvalue weighted by Gasteiger charge is 2.12. The van der Waals surface area contributed by atoms with Crippen molar-refractivity contribution in [2.24, 2.45) is 0 Å². The number of hydrogen-bond acceptors (Lipinski definition) is 1. The minimum atomic E-state index is 0.461. The van der Waals surface area contributed by atoms with Crippen LogP contribution in [0.15, 0.2) is 22.6 Å². The summed E-state index contributed by atoms with van der Waals surface area (Å²) >= 11 is 0. The van der Waals surface area contributed by atoms with Crippen LogP contribution in [-0.2, 0) is 0 Å². The number of hydrogen-bond donors (Lipinski definition) is 0. The van der Waals surface area contributed by atoms with E-state index in [4.69, 9.17) is 4.42 Å². The van der Waals surface area contributed by atoms with Gasteiger partial charge in [0.2, 0.25) is 0 Å². The Morgan fingerprint density at radius 2 is 1.86 bits per heavy atom. The molecule has 0 aliphatic heterocycles. The molecule has 2 rings (SSSR count). The average Bonchev–Trinajstić information content (AvgIpc) is 2.44. The van der Waals surface area contributed by atoms with Gasteiger partial charge in [0.1, 0.15) is 11.3 Å². The third-order valence-corrected chi connectivity index (χ3v) is 2.65. The number of aryl methyl sites for hydroxylation is 2. The summed E-state index contributed by atoms with van der Waals surface area (Å²) in [5.74, 6) is 1.58. The molecule has 0 fully saturated rings. The van der Waals surface area contributed by atoms with Crippen LogP contribution in [0, 0.1) is 13.8 Å². The third-order valence-electron chi connectivity index (χ3n) is 2.65. The summed E-state index contributed by atoms with van der Waals surface area (Å²) in [6.45, 7) is 8.58. The van der Waals surface area contributed by atoms with Gasteiger partial charge in [-0.3, -0.25) is 0 Å². The fourth-order valence-corrected chi connectivity index (χ4v) is 1.90. The zero-order valence-electron chi connectivity index (χ0n) is 9.22. The zero-order valence-corrected chi connectivity index (χ0v) is 9.22. The molecule has 1 heteroatoms. The van der Waals surface area contributed by atoms with Crippen LogP contribution in [0.4, 0.5) is 0 Å². The number of benzene rings is 1. The first-order valence-electron chi connectivity index (χ1n) is 5.09. The highest BCUT2D eigenvalue weighted by atomic mass is 16.3. The van der Waals surface area contributed by atoms with Crippen LogP contribution in [0.5, 0.6) is 0 Å². The molecule has 1 nitrogen and oxygen atoms in total. The maximum absolute atomic E-state index is 5.82. The van der Waals surface area contributed by atoms with Crippen LogP contribution in [-0.4, -0.2) is 0 Å². The first-order valence-corrected chi connectivity index (χ1v) is 5.09.